The molecule has 2 aliphatic carbocycles. The van der Waals surface area contributed by atoms with Crippen LogP contribution in [0.25, 0.3) is 0 Å². The molecule has 3 nitrogen and oxygen atoms in total. The minimum Gasteiger partial charge on any atom is -0.315 e. The monoisotopic (exact) mass is 251 g/mol. The average Bonchev–Trinajstić information content (AvgIpc) is 3.14. The second-order valence-corrected chi connectivity index (χ2v) is 7.16. The Bertz CT molecular complexity index is 290. The predicted octanol–water partition coefficient (Wildman–Crippen LogP) is 1.54. The van der Waals surface area contributed by atoms with Crippen molar-refractivity contribution in [3.05, 3.63) is 0 Å². The van der Waals surface area contributed by atoms with E-state index in [2.05, 4.69) is 36.0 Å². The number of hydrogen-bond acceptors (Lipinski definition) is 3. The fourth-order valence-electron chi connectivity index (χ4n) is 4.21. The molecule has 2 unspecified atom stereocenters. The van der Waals surface area contributed by atoms with Crippen LogP contribution in [-0.4, -0.2) is 61.2 Å². The minimum atomic E-state index is 0.465. The van der Waals surface area contributed by atoms with Crippen molar-refractivity contribution in [2.45, 2.75) is 57.7 Å². The Balaban J connectivity index is 1.58. The summed E-state index contributed by atoms with van der Waals surface area (Å²) < 4.78 is 0. The van der Waals surface area contributed by atoms with Gasteiger partial charge in [0.15, 0.2) is 0 Å². The zero-order chi connectivity index (χ0) is 12.8. The summed E-state index contributed by atoms with van der Waals surface area (Å²) in [6.45, 7) is 10.0. The van der Waals surface area contributed by atoms with Gasteiger partial charge in [0.1, 0.15) is 0 Å². The van der Waals surface area contributed by atoms with Crippen molar-refractivity contribution >= 4 is 0 Å². The van der Waals surface area contributed by atoms with Crippen LogP contribution in [0.1, 0.15) is 39.5 Å². The molecule has 0 aromatic rings. The highest BCUT2D eigenvalue weighted by atomic mass is 15.3. The standard InChI is InChI=1S/C15H29N3/c1-15(2)7-6-13(14(15)16-3)18-10-8-17(9-11-18)12-4-5-12/h12-14,16H,4-11H2,1-3H3. The molecule has 3 rings (SSSR count). The summed E-state index contributed by atoms with van der Waals surface area (Å²) in [6, 6.07) is 2.39. The van der Waals surface area contributed by atoms with Crippen LogP contribution in [0.3, 0.4) is 0 Å². The molecule has 0 amide bonds. The molecular formula is C15H29N3. The first kappa shape index (κ1) is 12.9. The number of nitrogens with one attached hydrogen (secondary N) is 1. The van der Waals surface area contributed by atoms with E-state index in [1.807, 2.05) is 0 Å². The van der Waals surface area contributed by atoms with Gasteiger partial charge in [-0.3, -0.25) is 9.80 Å². The van der Waals surface area contributed by atoms with Crippen LogP contribution >= 0.6 is 0 Å². The fraction of sp³-hybridized carbons (Fsp3) is 1.00. The molecule has 3 aliphatic rings. The van der Waals surface area contributed by atoms with Gasteiger partial charge in [0.05, 0.1) is 0 Å². The number of piperazine rings is 1. The summed E-state index contributed by atoms with van der Waals surface area (Å²) >= 11 is 0. The van der Waals surface area contributed by atoms with Crippen molar-refractivity contribution < 1.29 is 0 Å². The van der Waals surface area contributed by atoms with E-state index in [9.17, 15) is 0 Å². The van der Waals surface area contributed by atoms with Crippen LogP contribution in [-0.2, 0) is 0 Å². The third kappa shape index (κ3) is 2.33. The Labute approximate surface area is 112 Å². The van der Waals surface area contributed by atoms with Crippen molar-refractivity contribution in [1.29, 1.82) is 0 Å². The summed E-state index contributed by atoms with van der Waals surface area (Å²) in [7, 11) is 2.14. The molecule has 3 heteroatoms. The molecule has 0 spiro atoms. The quantitative estimate of drug-likeness (QED) is 0.821. The van der Waals surface area contributed by atoms with E-state index in [-0.39, 0.29) is 0 Å². The number of rotatable bonds is 3. The lowest BCUT2D eigenvalue weighted by molar-refractivity contribution is 0.0744. The molecule has 0 aromatic carbocycles. The first-order valence-corrected chi connectivity index (χ1v) is 7.77. The molecule has 0 bridgehead atoms. The van der Waals surface area contributed by atoms with Crippen molar-refractivity contribution in [2.24, 2.45) is 5.41 Å². The van der Waals surface area contributed by atoms with E-state index in [1.54, 1.807) is 0 Å². The summed E-state index contributed by atoms with van der Waals surface area (Å²) in [4.78, 5) is 5.47. The largest absolute Gasteiger partial charge is 0.315 e. The van der Waals surface area contributed by atoms with Crippen molar-refractivity contribution in [3.8, 4) is 0 Å². The van der Waals surface area contributed by atoms with Crippen LogP contribution in [0.15, 0.2) is 0 Å². The van der Waals surface area contributed by atoms with Gasteiger partial charge in [0.25, 0.3) is 0 Å². The fourth-order valence-corrected chi connectivity index (χ4v) is 4.21. The van der Waals surface area contributed by atoms with Crippen LogP contribution in [0, 0.1) is 5.41 Å². The van der Waals surface area contributed by atoms with Gasteiger partial charge >= 0.3 is 0 Å². The molecule has 1 saturated heterocycles. The van der Waals surface area contributed by atoms with E-state index in [0.29, 0.717) is 11.5 Å². The summed E-state index contributed by atoms with van der Waals surface area (Å²) in [5.74, 6) is 0. The Morgan fingerprint density at radius 1 is 0.944 bits per heavy atom. The summed E-state index contributed by atoms with van der Waals surface area (Å²) in [5, 5.41) is 3.59. The van der Waals surface area contributed by atoms with Crippen LogP contribution in [0.4, 0.5) is 0 Å². The third-order valence-electron chi connectivity index (χ3n) is 5.50. The van der Waals surface area contributed by atoms with Gasteiger partial charge in [0.2, 0.25) is 0 Å². The predicted molar refractivity (Wildman–Crippen MR) is 75.8 cm³/mol. The normalized spacial score (nSPS) is 38.2. The van der Waals surface area contributed by atoms with Gasteiger partial charge in [-0.05, 0) is 38.1 Å². The highest BCUT2D eigenvalue weighted by molar-refractivity contribution is 5.01. The molecule has 1 aliphatic heterocycles. The van der Waals surface area contributed by atoms with Gasteiger partial charge in [-0.1, -0.05) is 13.8 Å². The molecular weight excluding hydrogens is 222 g/mol. The number of hydrogen-bond donors (Lipinski definition) is 1. The Hall–Kier alpha value is -0.120. The molecule has 3 fully saturated rings. The highest BCUT2D eigenvalue weighted by Gasteiger charge is 2.44. The smallest absolute Gasteiger partial charge is 0.0271 e. The molecule has 2 saturated carbocycles. The molecule has 0 radical (unpaired) electrons. The van der Waals surface area contributed by atoms with Gasteiger partial charge in [0, 0.05) is 44.3 Å². The second-order valence-electron chi connectivity index (χ2n) is 7.16. The maximum atomic E-state index is 3.59. The van der Waals surface area contributed by atoms with Crippen molar-refractivity contribution in [1.82, 2.24) is 15.1 Å². The van der Waals surface area contributed by atoms with E-state index >= 15 is 0 Å². The molecule has 104 valence electrons. The van der Waals surface area contributed by atoms with E-state index in [4.69, 9.17) is 0 Å². The Kier molecular flexibility index (Phi) is 3.41. The minimum absolute atomic E-state index is 0.465. The van der Waals surface area contributed by atoms with E-state index in [1.165, 1.54) is 51.9 Å². The maximum absolute atomic E-state index is 3.59. The SMILES string of the molecule is CNC1C(N2CCN(C3CC3)CC2)CCC1(C)C. The van der Waals surface area contributed by atoms with Crippen LogP contribution < -0.4 is 5.32 Å². The maximum Gasteiger partial charge on any atom is 0.0271 e. The van der Waals surface area contributed by atoms with Gasteiger partial charge < -0.3 is 5.32 Å². The molecule has 1 heterocycles. The molecule has 1 N–H and O–H groups in total. The zero-order valence-electron chi connectivity index (χ0n) is 12.3. The lowest BCUT2D eigenvalue weighted by Crippen LogP contribution is -2.56. The lowest BCUT2D eigenvalue weighted by Gasteiger charge is -2.42. The van der Waals surface area contributed by atoms with Crippen molar-refractivity contribution in [3.63, 3.8) is 0 Å². The number of nitrogens with zero attached hydrogens (tertiary/aromatic N) is 2. The second kappa shape index (κ2) is 4.77. The first-order valence-electron chi connectivity index (χ1n) is 7.77. The average molecular weight is 251 g/mol. The molecule has 18 heavy (non-hydrogen) atoms. The summed E-state index contributed by atoms with van der Waals surface area (Å²) in [5.41, 5.74) is 0.465. The Morgan fingerprint density at radius 3 is 2.11 bits per heavy atom. The van der Waals surface area contributed by atoms with E-state index in [0.717, 1.165) is 12.1 Å². The third-order valence-corrected chi connectivity index (χ3v) is 5.50. The lowest BCUT2D eigenvalue weighted by atomic mass is 9.86. The molecule has 0 aromatic heterocycles. The zero-order valence-corrected chi connectivity index (χ0v) is 12.3. The van der Waals surface area contributed by atoms with Crippen molar-refractivity contribution in [2.75, 3.05) is 33.2 Å². The highest BCUT2D eigenvalue weighted by Crippen LogP contribution is 2.40. The first-order chi connectivity index (χ1) is 8.62. The van der Waals surface area contributed by atoms with Crippen LogP contribution in [0.2, 0.25) is 0 Å². The van der Waals surface area contributed by atoms with E-state index < -0.39 is 0 Å². The van der Waals surface area contributed by atoms with Gasteiger partial charge in [-0.25, -0.2) is 0 Å². The van der Waals surface area contributed by atoms with Gasteiger partial charge in [-0.15, -0.1) is 0 Å². The summed E-state index contributed by atoms with van der Waals surface area (Å²) in [6.07, 6.45) is 5.65. The number of likely N-dealkylation sites (N-methyl/N-ethyl adjacent to an activating group) is 1. The molecule has 2 atom stereocenters. The Morgan fingerprint density at radius 2 is 1.56 bits per heavy atom. The topological polar surface area (TPSA) is 18.5 Å². The van der Waals surface area contributed by atoms with Gasteiger partial charge in [-0.2, -0.15) is 0 Å². The van der Waals surface area contributed by atoms with Crippen LogP contribution in [0.5, 0.6) is 0 Å².